The molecule has 0 aliphatic carbocycles. The molecule has 1 amide bonds. The van der Waals surface area contributed by atoms with Gasteiger partial charge in [0.05, 0.1) is 18.6 Å². The van der Waals surface area contributed by atoms with E-state index in [4.69, 9.17) is 4.74 Å². The Hall–Kier alpha value is -1.59. The van der Waals surface area contributed by atoms with E-state index in [2.05, 4.69) is 10.2 Å². The Kier molecular flexibility index (Phi) is 7.36. The van der Waals surface area contributed by atoms with Crippen molar-refractivity contribution in [1.82, 2.24) is 10.2 Å². The molecule has 0 radical (unpaired) electrons. The minimum absolute atomic E-state index is 0.0370. The van der Waals surface area contributed by atoms with Crippen LogP contribution >= 0.6 is 0 Å². The van der Waals surface area contributed by atoms with Gasteiger partial charge in [0.1, 0.15) is 5.75 Å². The molecule has 1 aliphatic rings. The van der Waals surface area contributed by atoms with E-state index in [0.717, 1.165) is 44.6 Å². The molecule has 1 heterocycles. The van der Waals surface area contributed by atoms with E-state index in [9.17, 15) is 9.90 Å². The summed E-state index contributed by atoms with van der Waals surface area (Å²) in [6.07, 6.45) is 2.53. The summed E-state index contributed by atoms with van der Waals surface area (Å²) >= 11 is 0. The highest BCUT2D eigenvalue weighted by atomic mass is 16.5. The molecular weight excluding hydrogens is 292 g/mol. The average molecular weight is 320 g/mol. The molecule has 0 spiro atoms. The smallest absolute Gasteiger partial charge is 0.226 e. The number of benzene rings is 1. The summed E-state index contributed by atoms with van der Waals surface area (Å²) in [7, 11) is 0. The fourth-order valence-electron chi connectivity index (χ4n) is 2.65. The summed E-state index contributed by atoms with van der Waals surface area (Å²) in [6.45, 7) is 5.84. The van der Waals surface area contributed by atoms with Crippen LogP contribution in [0.4, 0.5) is 0 Å². The van der Waals surface area contributed by atoms with Gasteiger partial charge in [-0.15, -0.1) is 0 Å². The van der Waals surface area contributed by atoms with Gasteiger partial charge in [0.2, 0.25) is 5.91 Å². The van der Waals surface area contributed by atoms with Gasteiger partial charge in [-0.05, 0) is 37.9 Å². The van der Waals surface area contributed by atoms with E-state index in [0.29, 0.717) is 13.2 Å². The fraction of sp³-hybridized carbons (Fsp3) is 0.611. The Morgan fingerprint density at radius 2 is 2.04 bits per heavy atom. The van der Waals surface area contributed by atoms with Crippen molar-refractivity contribution < 1.29 is 14.6 Å². The first-order valence-corrected chi connectivity index (χ1v) is 8.51. The number of hydrogen-bond donors (Lipinski definition) is 2. The summed E-state index contributed by atoms with van der Waals surface area (Å²) in [6, 6.07) is 9.55. The standard InChI is InChI=1S/C18H28N2O3/c1-15(14-23-17-6-3-2-4-7-17)18(22)19-10-5-11-20-12-8-16(21)9-13-20/h2-4,6-7,15-16,21H,5,8-14H2,1H3,(H,19,22). The van der Waals surface area contributed by atoms with Gasteiger partial charge in [0.25, 0.3) is 0 Å². The van der Waals surface area contributed by atoms with Crippen LogP contribution in [-0.2, 0) is 4.79 Å². The van der Waals surface area contributed by atoms with Gasteiger partial charge in [-0.25, -0.2) is 0 Å². The predicted octanol–water partition coefficient (Wildman–Crippen LogP) is 1.66. The lowest BCUT2D eigenvalue weighted by Crippen LogP contribution is -2.38. The molecule has 5 nitrogen and oxygen atoms in total. The molecule has 23 heavy (non-hydrogen) atoms. The molecule has 1 aliphatic heterocycles. The number of nitrogens with one attached hydrogen (secondary N) is 1. The van der Waals surface area contributed by atoms with Crippen LogP contribution in [-0.4, -0.2) is 54.8 Å². The SMILES string of the molecule is CC(COc1ccccc1)C(=O)NCCCN1CCC(O)CC1. The van der Waals surface area contributed by atoms with Crippen LogP contribution in [0.15, 0.2) is 30.3 Å². The fourth-order valence-corrected chi connectivity index (χ4v) is 2.65. The lowest BCUT2D eigenvalue weighted by atomic mass is 10.1. The minimum Gasteiger partial charge on any atom is -0.493 e. The Labute approximate surface area is 138 Å². The number of aliphatic hydroxyl groups excluding tert-OH is 1. The highest BCUT2D eigenvalue weighted by Gasteiger charge is 2.17. The third-order valence-electron chi connectivity index (χ3n) is 4.20. The van der Waals surface area contributed by atoms with Gasteiger partial charge >= 0.3 is 0 Å². The zero-order valence-corrected chi connectivity index (χ0v) is 13.9. The summed E-state index contributed by atoms with van der Waals surface area (Å²) < 4.78 is 5.61. The third-order valence-corrected chi connectivity index (χ3v) is 4.20. The molecule has 0 bridgehead atoms. The Morgan fingerprint density at radius 1 is 1.35 bits per heavy atom. The zero-order chi connectivity index (χ0) is 16.5. The molecule has 1 aromatic rings. The van der Waals surface area contributed by atoms with E-state index >= 15 is 0 Å². The van der Waals surface area contributed by atoms with Gasteiger partial charge < -0.3 is 20.1 Å². The molecule has 0 aromatic heterocycles. The normalized spacial score (nSPS) is 17.7. The van der Waals surface area contributed by atoms with Gasteiger partial charge in [-0.1, -0.05) is 25.1 Å². The second-order valence-corrected chi connectivity index (χ2v) is 6.24. The summed E-state index contributed by atoms with van der Waals surface area (Å²) in [5.41, 5.74) is 0. The molecule has 0 saturated carbocycles. The molecule has 2 rings (SSSR count). The second-order valence-electron chi connectivity index (χ2n) is 6.24. The molecular formula is C18H28N2O3. The predicted molar refractivity (Wildman–Crippen MR) is 90.4 cm³/mol. The molecule has 2 N–H and O–H groups in total. The van der Waals surface area contributed by atoms with E-state index in [-0.39, 0.29) is 17.9 Å². The number of carbonyl (C=O) groups excluding carboxylic acids is 1. The van der Waals surface area contributed by atoms with Crippen LogP contribution in [0.25, 0.3) is 0 Å². The van der Waals surface area contributed by atoms with Crippen molar-refractivity contribution in [3.05, 3.63) is 30.3 Å². The number of ether oxygens (including phenoxy) is 1. The molecule has 1 fully saturated rings. The first-order valence-electron chi connectivity index (χ1n) is 8.51. The maximum absolute atomic E-state index is 12.0. The molecule has 128 valence electrons. The quantitative estimate of drug-likeness (QED) is 0.715. The molecule has 1 unspecified atom stereocenters. The van der Waals surface area contributed by atoms with Crippen LogP contribution in [0.3, 0.4) is 0 Å². The molecule has 1 atom stereocenters. The van der Waals surface area contributed by atoms with Crippen molar-refractivity contribution in [2.45, 2.75) is 32.3 Å². The maximum atomic E-state index is 12.0. The third kappa shape index (κ3) is 6.59. The summed E-state index contributed by atoms with van der Waals surface area (Å²) in [5, 5.41) is 12.4. The number of para-hydroxylation sites is 1. The number of nitrogens with zero attached hydrogens (tertiary/aromatic N) is 1. The number of likely N-dealkylation sites (tertiary alicyclic amines) is 1. The topological polar surface area (TPSA) is 61.8 Å². The highest BCUT2D eigenvalue weighted by molar-refractivity contribution is 5.78. The number of amides is 1. The number of hydrogen-bond acceptors (Lipinski definition) is 4. The van der Waals surface area contributed by atoms with Crippen molar-refractivity contribution in [2.24, 2.45) is 5.92 Å². The zero-order valence-electron chi connectivity index (χ0n) is 13.9. The van der Waals surface area contributed by atoms with Crippen LogP contribution < -0.4 is 10.1 Å². The number of aliphatic hydroxyl groups is 1. The van der Waals surface area contributed by atoms with E-state index in [1.54, 1.807) is 0 Å². The average Bonchev–Trinajstić information content (AvgIpc) is 2.59. The van der Waals surface area contributed by atoms with Gasteiger partial charge in [-0.2, -0.15) is 0 Å². The van der Waals surface area contributed by atoms with Crippen molar-refractivity contribution in [2.75, 3.05) is 32.8 Å². The first kappa shape index (κ1) is 17.8. The number of piperidine rings is 1. The first-order chi connectivity index (χ1) is 11.1. The van der Waals surface area contributed by atoms with Gasteiger partial charge in [0, 0.05) is 19.6 Å². The number of carbonyl (C=O) groups is 1. The van der Waals surface area contributed by atoms with Crippen molar-refractivity contribution >= 4 is 5.91 Å². The van der Waals surface area contributed by atoms with Gasteiger partial charge in [0.15, 0.2) is 0 Å². The van der Waals surface area contributed by atoms with Crippen LogP contribution in [0.1, 0.15) is 26.2 Å². The van der Waals surface area contributed by atoms with Crippen LogP contribution in [0, 0.1) is 5.92 Å². The lowest BCUT2D eigenvalue weighted by Gasteiger charge is -2.29. The molecule has 1 saturated heterocycles. The number of rotatable bonds is 8. The van der Waals surface area contributed by atoms with Crippen LogP contribution in [0.5, 0.6) is 5.75 Å². The summed E-state index contributed by atoms with van der Waals surface area (Å²) in [5.74, 6) is 0.662. The minimum atomic E-state index is -0.166. The van der Waals surface area contributed by atoms with E-state index in [1.165, 1.54) is 0 Å². The lowest BCUT2D eigenvalue weighted by molar-refractivity contribution is -0.125. The van der Waals surface area contributed by atoms with Crippen LogP contribution in [0.2, 0.25) is 0 Å². The Balaban J connectivity index is 1.55. The monoisotopic (exact) mass is 320 g/mol. The van der Waals surface area contributed by atoms with Crippen molar-refractivity contribution in [3.8, 4) is 5.75 Å². The Morgan fingerprint density at radius 3 is 2.74 bits per heavy atom. The van der Waals surface area contributed by atoms with Crippen molar-refractivity contribution in [3.63, 3.8) is 0 Å². The maximum Gasteiger partial charge on any atom is 0.226 e. The largest absolute Gasteiger partial charge is 0.493 e. The second kappa shape index (κ2) is 9.53. The summed E-state index contributed by atoms with van der Waals surface area (Å²) in [4.78, 5) is 14.4. The van der Waals surface area contributed by atoms with E-state index in [1.807, 2.05) is 37.3 Å². The highest BCUT2D eigenvalue weighted by Crippen LogP contribution is 2.11. The molecule has 1 aromatic carbocycles. The van der Waals surface area contributed by atoms with Gasteiger partial charge in [-0.3, -0.25) is 4.79 Å². The van der Waals surface area contributed by atoms with Crippen molar-refractivity contribution in [1.29, 1.82) is 0 Å². The van der Waals surface area contributed by atoms with E-state index < -0.39 is 0 Å². The Bertz CT molecular complexity index is 459. The molecule has 5 heteroatoms.